The van der Waals surface area contributed by atoms with Crippen LogP contribution in [0.1, 0.15) is 12.5 Å². The van der Waals surface area contributed by atoms with Crippen LogP contribution in [0.5, 0.6) is 11.5 Å². The number of hydrogen-bond acceptors (Lipinski definition) is 4. The van der Waals surface area contributed by atoms with Gasteiger partial charge in [-0.15, -0.1) is 0 Å². The van der Waals surface area contributed by atoms with Gasteiger partial charge < -0.3 is 20.1 Å². The van der Waals surface area contributed by atoms with Gasteiger partial charge in [0.25, 0.3) is 0 Å². The lowest BCUT2D eigenvalue weighted by molar-refractivity contribution is -0.116. The lowest BCUT2D eigenvalue weighted by Crippen LogP contribution is -2.32. The van der Waals surface area contributed by atoms with Gasteiger partial charge in [0.05, 0.1) is 19.9 Å². The van der Waals surface area contributed by atoms with E-state index in [9.17, 15) is 4.79 Å². The summed E-state index contributed by atoms with van der Waals surface area (Å²) in [4.78, 5) is 12.4. The molecule has 2 N–H and O–H groups in total. The summed E-state index contributed by atoms with van der Waals surface area (Å²) in [6, 6.07) is 12.7. The van der Waals surface area contributed by atoms with E-state index < -0.39 is 6.04 Å². The molecule has 0 heterocycles. The van der Waals surface area contributed by atoms with Crippen molar-refractivity contribution >= 4 is 17.3 Å². The minimum Gasteiger partial charge on any atom is -0.497 e. The molecule has 0 spiro atoms. The van der Waals surface area contributed by atoms with Crippen LogP contribution in [-0.4, -0.2) is 26.2 Å². The number of rotatable bonds is 6. The number of benzene rings is 2. The van der Waals surface area contributed by atoms with E-state index in [0.717, 1.165) is 16.9 Å². The van der Waals surface area contributed by atoms with E-state index >= 15 is 0 Å². The molecule has 1 atom stereocenters. The van der Waals surface area contributed by atoms with Crippen molar-refractivity contribution < 1.29 is 14.3 Å². The molecule has 23 heavy (non-hydrogen) atoms. The highest BCUT2D eigenvalue weighted by atomic mass is 16.5. The average molecular weight is 314 g/mol. The highest BCUT2D eigenvalue weighted by molar-refractivity contribution is 5.97. The topological polar surface area (TPSA) is 59.6 Å². The first-order valence-electron chi connectivity index (χ1n) is 7.40. The predicted molar refractivity (Wildman–Crippen MR) is 92.4 cm³/mol. The zero-order valence-electron chi connectivity index (χ0n) is 13.8. The maximum atomic E-state index is 12.4. The normalized spacial score (nSPS) is 11.5. The number of aryl methyl sites for hydroxylation is 1. The monoisotopic (exact) mass is 314 g/mol. The number of methoxy groups -OCH3 is 2. The van der Waals surface area contributed by atoms with Gasteiger partial charge in [0.2, 0.25) is 5.91 Å². The van der Waals surface area contributed by atoms with Crippen LogP contribution in [0.25, 0.3) is 0 Å². The maximum absolute atomic E-state index is 12.4. The molecular weight excluding hydrogens is 292 g/mol. The third-order valence-electron chi connectivity index (χ3n) is 3.58. The van der Waals surface area contributed by atoms with E-state index in [-0.39, 0.29) is 5.91 Å². The van der Waals surface area contributed by atoms with E-state index in [4.69, 9.17) is 9.47 Å². The second-order valence-electron chi connectivity index (χ2n) is 5.24. The Bertz CT molecular complexity index is 686. The minimum absolute atomic E-state index is 0.114. The zero-order chi connectivity index (χ0) is 16.8. The van der Waals surface area contributed by atoms with Crippen LogP contribution < -0.4 is 20.1 Å². The van der Waals surface area contributed by atoms with Gasteiger partial charge in [0, 0.05) is 11.8 Å². The van der Waals surface area contributed by atoms with Crippen LogP contribution in [0.3, 0.4) is 0 Å². The lowest BCUT2D eigenvalue weighted by Gasteiger charge is -2.18. The molecule has 0 aliphatic carbocycles. The highest BCUT2D eigenvalue weighted by Gasteiger charge is 2.16. The smallest absolute Gasteiger partial charge is 0.246 e. The first kappa shape index (κ1) is 16.7. The number of para-hydroxylation sites is 1. The third kappa shape index (κ3) is 4.16. The molecule has 5 heteroatoms. The quantitative estimate of drug-likeness (QED) is 0.857. The van der Waals surface area contributed by atoms with Crippen molar-refractivity contribution in [2.75, 3.05) is 24.9 Å². The van der Waals surface area contributed by atoms with Gasteiger partial charge in [-0.1, -0.05) is 18.2 Å². The van der Waals surface area contributed by atoms with Crippen molar-refractivity contribution in [3.63, 3.8) is 0 Å². The Labute approximate surface area is 136 Å². The van der Waals surface area contributed by atoms with Crippen LogP contribution in [0.2, 0.25) is 0 Å². The average Bonchev–Trinajstić information content (AvgIpc) is 2.57. The first-order chi connectivity index (χ1) is 11.0. The van der Waals surface area contributed by atoms with Crippen LogP contribution in [0.15, 0.2) is 42.5 Å². The summed E-state index contributed by atoms with van der Waals surface area (Å²) in [6.07, 6.45) is 0. The molecule has 0 radical (unpaired) electrons. The summed E-state index contributed by atoms with van der Waals surface area (Å²) in [7, 11) is 3.18. The molecule has 2 rings (SSSR count). The lowest BCUT2D eigenvalue weighted by atomic mass is 10.2. The fourth-order valence-electron chi connectivity index (χ4n) is 2.17. The second-order valence-corrected chi connectivity index (χ2v) is 5.24. The largest absolute Gasteiger partial charge is 0.497 e. The number of ether oxygens (including phenoxy) is 2. The molecule has 0 aliphatic rings. The molecular formula is C18H22N2O3. The molecule has 2 aromatic rings. The Balaban J connectivity index is 2.08. The van der Waals surface area contributed by atoms with Crippen molar-refractivity contribution in [1.29, 1.82) is 0 Å². The van der Waals surface area contributed by atoms with E-state index in [1.165, 1.54) is 0 Å². The van der Waals surface area contributed by atoms with Crippen molar-refractivity contribution in [2.45, 2.75) is 19.9 Å². The SMILES string of the molecule is COc1ccc(N[C@H](C)C(=O)Nc2ccccc2C)c(OC)c1. The summed E-state index contributed by atoms with van der Waals surface area (Å²) >= 11 is 0. The van der Waals surface area contributed by atoms with Gasteiger partial charge in [0.15, 0.2) is 0 Å². The number of carbonyl (C=O) groups is 1. The molecule has 2 aromatic carbocycles. The number of carbonyl (C=O) groups excluding carboxylic acids is 1. The summed E-state index contributed by atoms with van der Waals surface area (Å²) in [5.41, 5.74) is 2.57. The summed E-state index contributed by atoms with van der Waals surface area (Å²) < 4.78 is 10.5. The summed E-state index contributed by atoms with van der Waals surface area (Å²) in [5.74, 6) is 1.21. The Hall–Kier alpha value is -2.69. The first-order valence-corrected chi connectivity index (χ1v) is 7.40. The fraction of sp³-hybridized carbons (Fsp3) is 0.278. The summed E-state index contributed by atoms with van der Waals surface area (Å²) in [5, 5.41) is 6.08. The van der Waals surface area contributed by atoms with E-state index in [1.54, 1.807) is 27.2 Å². The Kier molecular flexibility index (Phi) is 5.46. The molecule has 122 valence electrons. The van der Waals surface area contributed by atoms with Crippen LogP contribution in [0, 0.1) is 6.92 Å². The van der Waals surface area contributed by atoms with Crippen LogP contribution in [0.4, 0.5) is 11.4 Å². The van der Waals surface area contributed by atoms with Crippen LogP contribution in [-0.2, 0) is 4.79 Å². The van der Waals surface area contributed by atoms with Crippen molar-refractivity contribution in [1.82, 2.24) is 0 Å². The molecule has 0 saturated carbocycles. The van der Waals surface area contributed by atoms with Crippen molar-refractivity contribution in [3.05, 3.63) is 48.0 Å². The maximum Gasteiger partial charge on any atom is 0.246 e. The summed E-state index contributed by atoms with van der Waals surface area (Å²) in [6.45, 7) is 3.76. The molecule has 1 amide bonds. The number of nitrogens with one attached hydrogen (secondary N) is 2. The van der Waals surface area contributed by atoms with Gasteiger partial charge in [-0.3, -0.25) is 4.79 Å². The molecule has 5 nitrogen and oxygen atoms in total. The Morgan fingerprint density at radius 2 is 1.78 bits per heavy atom. The standard InChI is InChI=1S/C18H22N2O3/c1-12-7-5-6-8-15(12)20-18(21)13(2)19-16-10-9-14(22-3)11-17(16)23-4/h5-11,13,19H,1-4H3,(H,20,21)/t13-/m1/s1. The second kappa shape index (κ2) is 7.54. The van der Waals surface area contributed by atoms with Gasteiger partial charge in [0.1, 0.15) is 17.5 Å². The predicted octanol–water partition coefficient (Wildman–Crippen LogP) is 3.45. The molecule has 0 fully saturated rings. The van der Waals surface area contributed by atoms with Gasteiger partial charge in [-0.25, -0.2) is 0 Å². The van der Waals surface area contributed by atoms with Crippen molar-refractivity contribution in [3.8, 4) is 11.5 Å². The molecule has 0 aliphatic heterocycles. The molecule has 0 bridgehead atoms. The van der Waals surface area contributed by atoms with E-state index in [0.29, 0.717) is 11.5 Å². The highest BCUT2D eigenvalue weighted by Crippen LogP contribution is 2.29. The Morgan fingerprint density at radius 1 is 1.04 bits per heavy atom. The van der Waals surface area contributed by atoms with E-state index in [1.807, 2.05) is 43.3 Å². The van der Waals surface area contributed by atoms with Gasteiger partial charge in [-0.2, -0.15) is 0 Å². The van der Waals surface area contributed by atoms with Crippen LogP contribution >= 0.6 is 0 Å². The number of hydrogen-bond donors (Lipinski definition) is 2. The Morgan fingerprint density at radius 3 is 2.43 bits per heavy atom. The molecule has 0 saturated heterocycles. The third-order valence-corrected chi connectivity index (χ3v) is 3.58. The van der Waals surface area contributed by atoms with Gasteiger partial charge in [-0.05, 0) is 37.6 Å². The minimum atomic E-state index is -0.420. The molecule has 0 aromatic heterocycles. The fourth-order valence-corrected chi connectivity index (χ4v) is 2.17. The van der Waals surface area contributed by atoms with Crippen molar-refractivity contribution in [2.24, 2.45) is 0 Å². The van der Waals surface area contributed by atoms with Gasteiger partial charge >= 0.3 is 0 Å². The van der Waals surface area contributed by atoms with E-state index in [2.05, 4.69) is 10.6 Å². The number of amides is 1. The molecule has 0 unspecified atom stereocenters. The number of anilines is 2. The zero-order valence-corrected chi connectivity index (χ0v) is 13.8.